The molecule has 2 atom stereocenters. The van der Waals surface area contributed by atoms with Crippen LogP contribution in [0.15, 0.2) is 6.20 Å². The third kappa shape index (κ3) is 2.96. The molecule has 94 valence electrons. The Labute approximate surface area is 105 Å². The van der Waals surface area contributed by atoms with E-state index < -0.39 is 0 Å². The van der Waals surface area contributed by atoms with Crippen molar-refractivity contribution in [3.63, 3.8) is 0 Å². The first-order valence-electron chi connectivity index (χ1n) is 5.54. The lowest BCUT2D eigenvalue weighted by atomic mass is 10.0. The molecule has 6 nitrogen and oxygen atoms in total. The van der Waals surface area contributed by atoms with Gasteiger partial charge in [0, 0.05) is 18.6 Å². The molecule has 0 aromatic carbocycles. The van der Waals surface area contributed by atoms with E-state index in [1.807, 2.05) is 0 Å². The largest absolute Gasteiger partial charge is 0.381 e. The van der Waals surface area contributed by atoms with E-state index in [1.165, 1.54) is 6.20 Å². The summed E-state index contributed by atoms with van der Waals surface area (Å²) < 4.78 is 5.35. The minimum absolute atomic E-state index is 0.246. The Morgan fingerprint density at radius 1 is 1.65 bits per heavy atom. The van der Waals surface area contributed by atoms with Gasteiger partial charge in [0.05, 0.1) is 12.8 Å². The molecule has 4 N–H and O–H groups in total. The lowest BCUT2D eigenvalue weighted by molar-refractivity contribution is 0.183. The van der Waals surface area contributed by atoms with Gasteiger partial charge in [0.2, 0.25) is 5.95 Å². The fourth-order valence-corrected chi connectivity index (χ4v) is 1.96. The summed E-state index contributed by atoms with van der Waals surface area (Å²) in [5.41, 5.74) is 2.39. The Hall–Kier alpha value is -1.11. The van der Waals surface area contributed by atoms with Gasteiger partial charge in [-0.25, -0.2) is 10.8 Å². The van der Waals surface area contributed by atoms with Crippen LogP contribution >= 0.6 is 11.6 Å². The first kappa shape index (κ1) is 12.3. The van der Waals surface area contributed by atoms with E-state index in [-0.39, 0.29) is 6.04 Å². The lowest BCUT2D eigenvalue weighted by Crippen LogP contribution is -2.27. The number of hydrogen-bond donors (Lipinski definition) is 3. The van der Waals surface area contributed by atoms with E-state index in [2.05, 4.69) is 27.6 Å². The molecule has 1 aromatic rings. The first-order chi connectivity index (χ1) is 8.20. The summed E-state index contributed by atoms with van der Waals surface area (Å²) in [6.07, 6.45) is 2.57. The third-order valence-electron chi connectivity index (χ3n) is 2.91. The van der Waals surface area contributed by atoms with Gasteiger partial charge in [-0.05, 0) is 13.3 Å². The van der Waals surface area contributed by atoms with Crippen molar-refractivity contribution in [1.82, 2.24) is 9.97 Å². The topological polar surface area (TPSA) is 85.1 Å². The van der Waals surface area contributed by atoms with Crippen molar-refractivity contribution in [2.24, 2.45) is 11.8 Å². The molecule has 2 unspecified atom stereocenters. The quantitative estimate of drug-likeness (QED) is 0.556. The number of nitrogen functional groups attached to an aromatic ring is 1. The predicted molar refractivity (Wildman–Crippen MR) is 66.9 cm³/mol. The van der Waals surface area contributed by atoms with Gasteiger partial charge in [-0.15, -0.1) is 0 Å². The summed E-state index contributed by atoms with van der Waals surface area (Å²) >= 11 is 6.02. The van der Waals surface area contributed by atoms with Crippen molar-refractivity contribution in [1.29, 1.82) is 0 Å². The highest BCUT2D eigenvalue weighted by Crippen LogP contribution is 2.24. The summed E-state index contributed by atoms with van der Waals surface area (Å²) in [6, 6.07) is 0.246. The smallest absolute Gasteiger partial charge is 0.239 e. The Kier molecular flexibility index (Phi) is 3.98. The number of aromatic nitrogens is 2. The molecule has 0 amide bonds. The molecule has 0 saturated carbocycles. The molecule has 17 heavy (non-hydrogen) atoms. The van der Waals surface area contributed by atoms with Crippen LogP contribution in [-0.4, -0.2) is 29.2 Å². The molecule has 1 aliphatic rings. The number of ether oxygens (including phenoxy) is 1. The number of halogens is 1. The van der Waals surface area contributed by atoms with Crippen molar-refractivity contribution < 1.29 is 4.74 Å². The molecule has 1 aliphatic heterocycles. The van der Waals surface area contributed by atoms with E-state index >= 15 is 0 Å². The monoisotopic (exact) mass is 257 g/mol. The van der Waals surface area contributed by atoms with Crippen molar-refractivity contribution in [3.8, 4) is 0 Å². The van der Waals surface area contributed by atoms with Crippen molar-refractivity contribution in [2.75, 3.05) is 24.0 Å². The van der Waals surface area contributed by atoms with Crippen LogP contribution in [0.4, 0.5) is 11.8 Å². The van der Waals surface area contributed by atoms with Gasteiger partial charge in [0.1, 0.15) is 5.02 Å². The third-order valence-corrected chi connectivity index (χ3v) is 3.19. The molecule has 0 bridgehead atoms. The molecule has 2 heterocycles. The molecular weight excluding hydrogens is 242 g/mol. The van der Waals surface area contributed by atoms with Gasteiger partial charge in [0.25, 0.3) is 0 Å². The highest BCUT2D eigenvalue weighted by Gasteiger charge is 2.23. The highest BCUT2D eigenvalue weighted by atomic mass is 35.5. The summed E-state index contributed by atoms with van der Waals surface area (Å²) in [6.45, 7) is 3.69. The van der Waals surface area contributed by atoms with Crippen LogP contribution in [0.2, 0.25) is 5.02 Å². The van der Waals surface area contributed by atoms with E-state index in [0.29, 0.717) is 22.7 Å². The van der Waals surface area contributed by atoms with Gasteiger partial charge in [0.15, 0.2) is 5.82 Å². The number of anilines is 2. The van der Waals surface area contributed by atoms with Gasteiger partial charge in [-0.3, -0.25) is 5.43 Å². The number of nitrogens with two attached hydrogens (primary N) is 1. The normalized spacial score (nSPS) is 21.2. The Bertz CT molecular complexity index is 383. The van der Waals surface area contributed by atoms with E-state index in [1.54, 1.807) is 0 Å². The lowest BCUT2D eigenvalue weighted by Gasteiger charge is -2.20. The number of hydrazine groups is 1. The fourth-order valence-electron chi connectivity index (χ4n) is 1.82. The number of nitrogens with one attached hydrogen (secondary N) is 2. The van der Waals surface area contributed by atoms with Crippen molar-refractivity contribution >= 4 is 23.4 Å². The van der Waals surface area contributed by atoms with Crippen LogP contribution < -0.4 is 16.6 Å². The summed E-state index contributed by atoms with van der Waals surface area (Å²) in [5, 5.41) is 3.75. The molecule has 0 spiro atoms. The zero-order valence-electron chi connectivity index (χ0n) is 9.61. The molecule has 0 radical (unpaired) electrons. The summed E-state index contributed by atoms with van der Waals surface area (Å²) in [4.78, 5) is 8.09. The average Bonchev–Trinajstić information content (AvgIpc) is 2.85. The van der Waals surface area contributed by atoms with Crippen LogP contribution in [-0.2, 0) is 4.74 Å². The van der Waals surface area contributed by atoms with Crippen LogP contribution in [0.5, 0.6) is 0 Å². The van der Waals surface area contributed by atoms with Crippen LogP contribution in [0, 0.1) is 5.92 Å². The second-order valence-electron chi connectivity index (χ2n) is 4.09. The van der Waals surface area contributed by atoms with Gasteiger partial charge >= 0.3 is 0 Å². The van der Waals surface area contributed by atoms with Crippen LogP contribution in [0.1, 0.15) is 13.3 Å². The van der Waals surface area contributed by atoms with Crippen molar-refractivity contribution in [2.45, 2.75) is 19.4 Å². The summed E-state index contributed by atoms with van der Waals surface area (Å²) in [7, 11) is 0. The molecular formula is C10H16ClN5O. The Morgan fingerprint density at radius 2 is 2.47 bits per heavy atom. The average molecular weight is 258 g/mol. The molecule has 7 heteroatoms. The standard InChI is InChI=1S/C10H16ClN5O/c1-6(7-2-3-17-5-7)14-9-8(11)4-13-10(15-9)16-12/h4,6-7H,2-3,5,12H2,1H3,(H2,13,14,15,16). The van der Waals surface area contributed by atoms with Crippen LogP contribution in [0.25, 0.3) is 0 Å². The van der Waals surface area contributed by atoms with E-state index in [0.717, 1.165) is 19.6 Å². The van der Waals surface area contributed by atoms with Gasteiger partial charge < -0.3 is 10.1 Å². The number of hydrogen-bond acceptors (Lipinski definition) is 6. The Balaban J connectivity index is 2.06. The predicted octanol–water partition coefficient (Wildman–Crippen LogP) is 1.25. The van der Waals surface area contributed by atoms with Gasteiger partial charge in [-0.1, -0.05) is 11.6 Å². The maximum absolute atomic E-state index is 6.02. The zero-order valence-corrected chi connectivity index (χ0v) is 10.4. The van der Waals surface area contributed by atoms with Gasteiger partial charge in [-0.2, -0.15) is 4.98 Å². The first-order valence-corrected chi connectivity index (χ1v) is 5.92. The Morgan fingerprint density at radius 3 is 3.12 bits per heavy atom. The maximum atomic E-state index is 6.02. The molecule has 0 aliphatic carbocycles. The second-order valence-corrected chi connectivity index (χ2v) is 4.50. The van der Waals surface area contributed by atoms with E-state index in [9.17, 15) is 0 Å². The maximum Gasteiger partial charge on any atom is 0.239 e. The van der Waals surface area contributed by atoms with Crippen LogP contribution in [0.3, 0.4) is 0 Å². The fraction of sp³-hybridized carbons (Fsp3) is 0.600. The van der Waals surface area contributed by atoms with Crippen molar-refractivity contribution in [3.05, 3.63) is 11.2 Å². The minimum Gasteiger partial charge on any atom is -0.381 e. The molecule has 1 saturated heterocycles. The molecule has 1 fully saturated rings. The zero-order chi connectivity index (χ0) is 12.3. The molecule has 2 rings (SSSR count). The highest BCUT2D eigenvalue weighted by molar-refractivity contribution is 6.32. The molecule has 1 aromatic heterocycles. The second kappa shape index (κ2) is 5.48. The number of rotatable bonds is 4. The summed E-state index contributed by atoms with van der Waals surface area (Å²) in [5.74, 6) is 6.67. The van der Waals surface area contributed by atoms with E-state index in [4.69, 9.17) is 22.2 Å². The minimum atomic E-state index is 0.246. The number of nitrogens with zero attached hydrogens (tertiary/aromatic N) is 2. The SMILES string of the molecule is CC(Nc1nc(NN)ncc1Cl)C1CCOC1.